The zero-order chi connectivity index (χ0) is 13.8. The molecular formula is C14H14BrN3S. The number of anilines is 2. The molecule has 1 aromatic carbocycles. The van der Waals surface area contributed by atoms with Gasteiger partial charge in [0.15, 0.2) is 5.11 Å². The summed E-state index contributed by atoms with van der Waals surface area (Å²) >= 11 is 8.61. The molecule has 0 saturated heterocycles. The smallest absolute Gasteiger partial charge is 0.176 e. The summed E-state index contributed by atoms with van der Waals surface area (Å²) in [6.45, 7) is 4.12. The van der Waals surface area contributed by atoms with Crippen molar-refractivity contribution in [3.63, 3.8) is 0 Å². The van der Waals surface area contributed by atoms with Gasteiger partial charge in [0.1, 0.15) is 5.82 Å². The van der Waals surface area contributed by atoms with Crippen molar-refractivity contribution < 1.29 is 0 Å². The summed E-state index contributed by atoms with van der Waals surface area (Å²) in [4.78, 5) is 4.21. The maximum absolute atomic E-state index is 5.27. The molecule has 2 aromatic rings. The Bertz CT molecular complexity index is 596. The number of aromatic nitrogens is 1. The minimum atomic E-state index is 0.529. The number of nitrogens with one attached hydrogen (secondary N) is 2. The second-order valence-corrected chi connectivity index (χ2v) is 5.58. The summed E-state index contributed by atoms with van der Waals surface area (Å²) < 4.78 is 0.936. The summed E-state index contributed by atoms with van der Waals surface area (Å²) in [7, 11) is 0. The number of halogens is 1. The normalized spacial score (nSPS) is 10.1. The van der Waals surface area contributed by atoms with Gasteiger partial charge in [0.25, 0.3) is 0 Å². The average molecular weight is 336 g/mol. The topological polar surface area (TPSA) is 37.0 Å². The van der Waals surface area contributed by atoms with Crippen molar-refractivity contribution in [2.24, 2.45) is 0 Å². The molecule has 0 fully saturated rings. The molecular weight excluding hydrogens is 322 g/mol. The molecule has 0 aliphatic rings. The number of hydrogen-bond donors (Lipinski definition) is 2. The third-order valence-electron chi connectivity index (χ3n) is 2.60. The molecule has 19 heavy (non-hydrogen) atoms. The quantitative estimate of drug-likeness (QED) is 0.803. The Morgan fingerprint density at radius 1 is 1.16 bits per heavy atom. The van der Waals surface area contributed by atoms with Crippen LogP contribution < -0.4 is 10.6 Å². The van der Waals surface area contributed by atoms with E-state index in [-0.39, 0.29) is 0 Å². The van der Waals surface area contributed by atoms with Gasteiger partial charge in [0, 0.05) is 16.4 Å². The molecule has 0 aliphatic heterocycles. The van der Waals surface area contributed by atoms with E-state index in [4.69, 9.17) is 12.2 Å². The molecule has 2 rings (SSSR count). The van der Waals surface area contributed by atoms with E-state index in [0.29, 0.717) is 10.9 Å². The van der Waals surface area contributed by atoms with E-state index in [1.807, 2.05) is 18.2 Å². The molecule has 1 aromatic heterocycles. The van der Waals surface area contributed by atoms with Gasteiger partial charge in [-0.15, -0.1) is 0 Å². The Balaban J connectivity index is 2.03. The van der Waals surface area contributed by atoms with Gasteiger partial charge in [0.2, 0.25) is 0 Å². The van der Waals surface area contributed by atoms with E-state index in [9.17, 15) is 0 Å². The highest BCUT2D eigenvalue weighted by Crippen LogP contribution is 2.16. The standard InChI is InChI=1S/C14H14BrN3S/c1-9-3-5-12(10(2)7-9)17-14(19)18-13-6-4-11(15)8-16-13/h3-8H,1-2H3,(H2,16,17,18,19). The Hall–Kier alpha value is -1.46. The maximum Gasteiger partial charge on any atom is 0.176 e. The minimum absolute atomic E-state index is 0.529. The first-order valence-corrected chi connectivity index (χ1v) is 7.01. The number of rotatable bonds is 2. The lowest BCUT2D eigenvalue weighted by atomic mass is 10.1. The van der Waals surface area contributed by atoms with Gasteiger partial charge in [-0.25, -0.2) is 4.98 Å². The lowest BCUT2D eigenvalue weighted by Crippen LogP contribution is -2.20. The van der Waals surface area contributed by atoms with E-state index in [1.54, 1.807) is 6.20 Å². The molecule has 0 saturated carbocycles. The van der Waals surface area contributed by atoms with Crippen molar-refractivity contribution in [2.75, 3.05) is 10.6 Å². The highest BCUT2D eigenvalue weighted by atomic mass is 79.9. The molecule has 1 heterocycles. The monoisotopic (exact) mass is 335 g/mol. The molecule has 3 nitrogen and oxygen atoms in total. The van der Waals surface area contributed by atoms with Crippen LogP contribution in [0.1, 0.15) is 11.1 Å². The number of thiocarbonyl (C=S) groups is 1. The van der Waals surface area contributed by atoms with Crippen LogP contribution in [0.2, 0.25) is 0 Å². The van der Waals surface area contributed by atoms with E-state index >= 15 is 0 Å². The van der Waals surface area contributed by atoms with Crippen LogP contribution in [-0.4, -0.2) is 10.1 Å². The number of pyridine rings is 1. The molecule has 5 heteroatoms. The summed E-state index contributed by atoms with van der Waals surface area (Å²) in [5, 5.41) is 6.75. The summed E-state index contributed by atoms with van der Waals surface area (Å²) in [5.41, 5.74) is 3.39. The molecule has 0 radical (unpaired) electrons. The largest absolute Gasteiger partial charge is 0.332 e. The molecule has 0 spiro atoms. The molecule has 0 unspecified atom stereocenters. The predicted molar refractivity (Wildman–Crippen MR) is 87.7 cm³/mol. The SMILES string of the molecule is Cc1ccc(NC(=S)Nc2ccc(Br)cn2)c(C)c1. The Labute approximate surface area is 126 Å². The van der Waals surface area contributed by atoms with Gasteiger partial charge in [-0.2, -0.15) is 0 Å². The maximum atomic E-state index is 5.27. The fraction of sp³-hybridized carbons (Fsp3) is 0.143. The zero-order valence-corrected chi connectivity index (χ0v) is 13.1. The van der Waals surface area contributed by atoms with E-state index in [0.717, 1.165) is 15.7 Å². The van der Waals surface area contributed by atoms with Crippen molar-refractivity contribution in [3.05, 3.63) is 52.1 Å². The van der Waals surface area contributed by atoms with Gasteiger partial charge in [-0.1, -0.05) is 17.7 Å². The molecule has 0 atom stereocenters. The third-order valence-corrected chi connectivity index (χ3v) is 3.27. The number of hydrogen-bond acceptors (Lipinski definition) is 2. The highest BCUT2D eigenvalue weighted by Gasteiger charge is 2.02. The molecule has 0 amide bonds. The van der Waals surface area contributed by atoms with Crippen molar-refractivity contribution in [3.8, 4) is 0 Å². The number of benzene rings is 1. The fourth-order valence-electron chi connectivity index (χ4n) is 1.67. The number of aryl methyl sites for hydroxylation is 2. The van der Waals surface area contributed by atoms with E-state index in [2.05, 4.69) is 57.5 Å². The molecule has 98 valence electrons. The van der Waals surface area contributed by atoms with Crippen LogP contribution in [0, 0.1) is 13.8 Å². The van der Waals surface area contributed by atoms with Gasteiger partial charge in [-0.05, 0) is 65.8 Å². The third kappa shape index (κ3) is 4.01. The van der Waals surface area contributed by atoms with Crippen LogP contribution in [0.3, 0.4) is 0 Å². The van der Waals surface area contributed by atoms with Crippen LogP contribution >= 0.6 is 28.1 Å². The van der Waals surface area contributed by atoms with Crippen LogP contribution in [0.5, 0.6) is 0 Å². The van der Waals surface area contributed by atoms with Gasteiger partial charge in [0.05, 0.1) is 0 Å². The Morgan fingerprint density at radius 2 is 1.95 bits per heavy atom. The van der Waals surface area contributed by atoms with Crippen LogP contribution in [0.15, 0.2) is 41.0 Å². The Kier molecular flexibility index (Phi) is 4.50. The van der Waals surface area contributed by atoms with Gasteiger partial charge >= 0.3 is 0 Å². The second kappa shape index (κ2) is 6.12. The second-order valence-electron chi connectivity index (χ2n) is 4.26. The highest BCUT2D eigenvalue weighted by molar-refractivity contribution is 9.10. The lowest BCUT2D eigenvalue weighted by Gasteiger charge is -2.12. The first-order chi connectivity index (χ1) is 9.04. The van der Waals surface area contributed by atoms with Crippen LogP contribution in [0.4, 0.5) is 11.5 Å². The minimum Gasteiger partial charge on any atom is -0.332 e. The lowest BCUT2D eigenvalue weighted by molar-refractivity contribution is 1.30. The van der Waals surface area contributed by atoms with Crippen molar-refractivity contribution in [1.82, 2.24) is 4.98 Å². The van der Waals surface area contributed by atoms with E-state index < -0.39 is 0 Å². The van der Waals surface area contributed by atoms with Crippen molar-refractivity contribution in [2.45, 2.75) is 13.8 Å². The predicted octanol–water partition coefficient (Wildman–Crippen LogP) is 4.27. The molecule has 0 aliphatic carbocycles. The fourth-order valence-corrected chi connectivity index (χ4v) is 2.12. The van der Waals surface area contributed by atoms with Gasteiger partial charge < -0.3 is 10.6 Å². The average Bonchev–Trinajstić information content (AvgIpc) is 2.36. The van der Waals surface area contributed by atoms with Crippen LogP contribution in [-0.2, 0) is 0 Å². The van der Waals surface area contributed by atoms with Crippen LogP contribution in [0.25, 0.3) is 0 Å². The molecule has 2 N–H and O–H groups in total. The number of nitrogens with zero attached hydrogens (tertiary/aromatic N) is 1. The van der Waals surface area contributed by atoms with E-state index in [1.165, 1.54) is 5.56 Å². The first-order valence-electron chi connectivity index (χ1n) is 5.81. The van der Waals surface area contributed by atoms with Gasteiger partial charge in [-0.3, -0.25) is 0 Å². The Morgan fingerprint density at radius 3 is 2.58 bits per heavy atom. The summed E-state index contributed by atoms with van der Waals surface area (Å²) in [6.07, 6.45) is 1.72. The molecule has 0 bridgehead atoms. The van der Waals surface area contributed by atoms with Crippen molar-refractivity contribution >= 4 is 44.8 Å². The summed E-state index contributed by atoms with van der Waals surface area (Å²) in [5.74, 6) is 0.713. The summed E-state index contributed by atoms with van der Waals surface area (Å²) in [6, 6.07) is 9.96. The first kappa shape index (κ1) is 14.0. The van der Waals surface area contributed by atoms with Crippen molar-refractivity contribution in [1.29, 1.82) is 0 Å². The zero-order valence-electron chi connectivity index (χ0n) is 10.7.